The average Bonchev–Trinajstić information content (AvgIpc) is 2.86. The number of hydrogen-bond acceptors (Lipinski definition) is 6. The van der Waals surface area contributed by atoms with E-state index in [0.717, 1.165) is 66.1 Å². The minimum absolute atomic E-state index is 0.223. The van der Waals surface area contributed by atoms with Gasteiger partial charge < -0.3 is 21.8 Å². The van der Waals surface area contributed by atoms with Crippen LogP contribution in [-0.2, 0) is 6.54 Å². The van der Waals surface area contributed by atoms with E-state index in [-0.39, 0.29) is 5.82 Å². The van der Waals surface area contributed by atoms with Crippen molar-refractivity contribution in [2.45, 2.75) is 6.54 Å². The van der Waals surface area contributed by atoms with Gasteiger partial charge >= 0.3 is 0 Å². The predicted molar refractivity (Wildman–Crippen MR) is 137 cm³/mol. The van der Waals surface area contributed by atoms with Gasteiger partial charge in [0.2, 0.25) is 0 Å². The third kappa shape index (κ3) is 4.62. The number of piperazine rings is 1. The number of hydrogen-bond donors (Lipinski definition) is 4. The fourth-order valence-electron chi connectivity index (χ4n) is 4.37. The van der Waals surface area contributed by atoms with E-state index in [1.807, 2.05) is 48.5 Å². The first-order valence-corrected chi connectivity index (χ1v) is 11.4. The molecule has 4 aromatic rings. The van der Waals surface area contributed by atoms with Gasteiger partial charge in [0.15, 0.2) is 0 Å². The van der Waals surface area contributed by atoms with Gasteiger partial charge in [-0.05, 0) is 53.6 Å². The van der Waals surface area contributed by atoms with Crippen molar-refractivity contribution in [3.63, 3.8) is 0 Å². The lowest BCUT2D eigenvalue weighted by molar-refractivity contribution is 0.233. The minimum Gasteiger partial charge on any atom is -0.398 e. The first-order valence-electron chi connectivity index (χ1n) is 11.4. The van der Waals surface area contributed by atoms with Crippen LogP contribution < -0.4 is 16.4 Å². The van der Waals surface area contributed by atoms with E-state index in [2.05, 4.69) is 20.5 Å². The zero-order valence-corrected chi connectivity index (χ0v) is 18.8. The highest BCUT2D eigenvalue weighted by Gasteiger charge is 2.13. The van der Waals surface area contributed by atoms with Crippen molar-refractivity contribution >= 4 is 34.2 Å². The Labute approximate surface area is 198 Å². The van der Waals surface area contributed by atoms with E-state index in [4.69, 9.17) is 11.1 Å². The summed E-state index contributed by atoms with van der Waals surface area (Å²) < 4.78 is 15.2. The van der Waals surface area contributed by atoms with Gasteiger partial charge in [-0.2, -0.15) is 0 Å². The Hall–Kier alpha value is -3.81. The Morgan fingerprint density at radius 2 is 1.91 bits per heavy atom. The summed E-state index contributed by atoms with van der Waals surface area (Å²) in [7, 11) is 0. The summed E-state index contributed by atoms with van der Waals surface area (Å²) in [5, 5.41) is 15.2. The molecular formula is C27H27FN6. The number of halogens is 1. The number of aromatic nitrogens is 1. The number of benzene rings is 3. The van der Waals surface area contributed by atoms with Crippen LogP contribution in [0.15, 0.2) is 66.9 Å². The van der Waals surface area contributed by atoms with E-state index >= 15 is 4.39 Å². The Morgan fingerprint density at radius 3 is 2.71 bits per heavy atom. The second-order valence-electron chi connectivity index (χ2n) is 8.54. The molecule has 0 spiro atoms. The molecule has 34 heavy (non-hydrogen) atoms. The molecule has 1 aliphatic heterocycles. The predicted octanol–water partition coefficient (Wildman–Crippen LogP) is 4.77. The van der Waals surface area contributed by atoms with Crippen molar-refractivity contribution < 1.29 is 4.39 Å². The molecule has 0 unspecified atom stereocenters. The van der Waals surface area contributed by atoms with E-state index in [1.54, 1.807) is 18.3 Å². The van der Waals surface area contributed by atoms with Crippen LogP contribution in [0.1, 0.15) is 11.1 Å². The van der Waals surface area contributed by atoms with E-state index in [9.17, 15) is 0 Å². The molecule has 0 amide bonds. The second-order valence-corrected chi connectivity index (χ2v) is 8.54. The van der Waals surface area contributed by atoms with Crippen LogP contribution in [0, 0.1) is 11.2 Å². The summed E-state index contributed by atoms with van der Waals surface area (Å²) in [6, 6.07) is 18.7. The Morgan fingerprint density at radius 1 is 1.06 bits per heavy atom. The lowest BCUT2D eigenvalue weighted by atomic mass is 10.00. The highest BCUT2D eigenvalue weighted by molar-refractivity contribution is 5.96. The van der Waals surface area contributed by atoms with Crippen LogP contribution in [0.2, 0.25) is 0 Å². The maximum atomic E-state index is 15.2. The molecule has 1 aliphatic rings. The van der Waals surface area contributed by atoms with Crippen molar-refractivity contribution in [1.82, 2.24) is 15.2 Å². The fourth-order valence-corrected chi connectivity index (χ4v) is 4.37. The van der Waals surface area contributed by atoms with Gasteiger partial charge in [-0.15, -0.1) is 0 Å². The van der Waals surface area contributed by atoms with Crippen molar-refractivity contribution in [3.05, 3.63) is 83.8 Å². The van der Waals surface area contributed by atoms with Crippen molar-refractivity contribution in [2.75, 3.05) is 37.2 Å². The zero-order valence-electron chi connectivity index (χ0n) is 18.8. The molecule has 5 rings (SSSR count). The number of rotatable bonds is 6. The average molecular weight is 455 g/mol. The molecule has 3 aromatic carbocycles. The molecule has 1 fully saturated rings. The van der Waals surface area contributed by atoms with Crippen LogP contribution in [-0.4, -0.2) is 42.3 Å². The van der Waals surface area contributed by atoms with Crippen LogP contribution in [0.3, 0.4) is 0 Å². The first kappa shape index (κ1) is 22.0. The lowest BCUT2D eigenvalue weighted by Gasteiger charge is -2.27. The molecule has 0 radical (unpaired) electrons. The number of nitrogens with one attached hydrogen (secondary N) is 3. The summed E-state index contributed by atoms with van der Waals surface area (Å²) in [5.74, 6) is -0.223. The Balaban J connectivity index is 1.45. The molecule has 0 bridgehead atoms. The highest BCUT2D eigenvalue weighted by atomic mass is 19.1. The van der Waals surface area contributed by atoms with Crippen molar-refractivity contribution in [2.24, 2.45) is 0 Å². The minimum atomic E-state index is -0.223. The molecular weight excluding hydrogens is 427 g/mol. The van der Waals surface area contributed by atoms with Crippen molar-refractivity contribution in [1.29, 1.82) is 5.41 Å². The molecule has 1 aromatic heterocycles. The molecule has 2 heterocycles. The van der Waals surface area contributed by atoms with Crippen LogP contribution in [0.25, 0.3) is 22.0 Å². The number of nitrogen functional groups attached to an aromatic ring is 1. The van der Waals surface area contributed by atoms with Gasteiger partial charge in [-0.3, -0.25) is 9.88 Å². The molecule has 0 aliphatic carbocycles. The third-order valence-corrected chi connectivity index (χ3v) is 6.22. The van der Waals surface area contributed by atoms with Crippen LogP contribution in [0.4, 0.5) is 21.5 Å². The normalized spacial score (nSPS) is 14.3. The molecule has 6 nitrogen and oxygen atoms in total. The first-order chi connectivity index (χ1) is 16.6. The summed E-state index contributed by atoms with van der Waals surface area (Å²) >= 11 is 0. The zero-order chi connectivity index (χ0) is 23.5. The SMILES string of the molecule is N=Cc1cc(Nc2ccnc3ccc(-c4ccc(CN5CCNCC5)cc4F)cc23)ccc1N. The van der Waals surface area contributed by atoms with Gasteiger partial charge in [0.05, 0.1) is 5.52 Å². The van der Waals surface area contributed by atoms with Gasteiger partial charge in [-0.25, -0.2) is 4.39 Å². The number of nitrogens with two attached hydrogens (primary N) is 1. The van der Waals surface area contributed by atoms with E-state index in [1.165, 1.54) is 6.21 Å². The topological polar surface area (TPSA) is 90.1 Å². The monoisotopic (exact) mass is 454 g/mol. The highest BCUT2D eigenvalue weighted by Crippen LogP contribution is 2.32. The fraction of sp³-hybridized carbons (Fsp3) is 0.185. The standard InChI is InChI=1S/C27H27FN6/c28-24-13-18(17-34-11-9-31-10-12-34)1-4-22(24)19-2-6-26-23(15-19)27(7-8-32-26)33-21-3-5-25(30)20(14-21)16-29/h1-8,13-16,29,31H,9-12,17,30H2,(H,32,33). The molecule has 1 saturated heterocycles. The van der Waals surface area contributed by atoms with Gasteiger partial charge in [-0.1, -0.05) is 18.2 Å². The summed E-state index contributed by atoms with van der Waals surface area (Å²) in [6.07, 6.45) is 2.97. The number of nitrogens with zero attached hydrogens (tertiary/aromatic N) is 2. The summed E-state index contributed by atoms with van der Waals surface area (Å²) in [4.78, 5) is 6.81. The molecule has 0 saturated carbocycles. The number of fused-ring (bicyclic) bond motifs is 1. The second kappa shape index (κ2) is 9.59. The summed E-state index contributed by atoms with van der Waals surface area (Å²) in [5.41, 5.74) is 11.9. The van der Waals surface area contributed by atoms with Gasteiger partial charge in [0, 0.05) is 78.7 Å². The van der Waals surface area contributed by atoms with E-state index in [0.29, 0.717) is 16.8 Å². The molecule has 0 atom stereocenters. The third-order valence-electron chi connectivity index (χ3n) is 6.22. The van der Waals surface area contributed by atoms with Crippen LogP contribution >= 0.6 is 0 Å². The Kier molecular flexibility index (Phi) is 6.20. The van der Waals surface area contributed by atoms with Gasteiger partial charge in [0.1, 0.15) is 5.82 Å². The maximum Gasteiger partial charge on any atom is 0.131 e. The molecule has 5 N–H and O–H groups in total. The Bertz CT molecular complexity index is 1350. The van der Waals surface area contributed by atoms with Crippen molar-refractivity contribution in [3.8, 4) is 11.1 Å². The molecule has 172 valence electrons. The quantitative estimate of drug-likeness (QED) is 0.249. The van der Waals surface area contributed by atoms with E-state index < -0.39 is 0 Å². The number of pyridine rings is 1. The number of anilines is 3. The lowest BCUT2D eigenvalue weighted by Crippen LogP contribution is -2.42. The van der Waals surface area contributed by atoms with Crippen LogP contribution in [0.5, 0.6) is 0 Å². The summed E-state index contributed by atoms with van der Waals surface area (Å²) in [6.45, 7) is 4.66. The largest absolute Gasteiger partial charge is 0.398 e. The van der Waals surface area contributed by atoms with Gasteiger partial charge in [0.25, 0.3) is 0 Å². The smallest absolute Gasteiger partial charge is 0.131 e. The molecule has 7 heteroatoms. The maximum absolute atomic E-state index is 15.2.